The zero-order valence-corrected chi connectivity index (χ0v) is 9.82. The maximum atomic E-state index is 3.80. The summed E-state index contributed by atoms with van der Waals surface area (Å²) >= 11 is 1.88. The van der Waals surface area contributed by atoms with Gasteiger partial charge in [-0.1, -0.05) is 20.4 Å². The topological polar surface area (TPSA) is 12.0 Å². The van der Waals surface area contributed by atoms with Gasteiger partial charge < -0.3 is 5.32 Å². The SMILES string of the molecule is C=C(C)Nc1ccc(SC(C)C)cc1. The predicted molar refractivity (Wildman–Crippen MR) is 65.9 cm³/mol. The molecule has 0 saturated heterocycles. The van der Waals surface area contributed by atoms with E-state index in [2.05, 4.69) is 50.0 Å². The second-order valence-electron chi connectivity index (χ2n) is 3.60. The van der Waals surface area contributed by atoms with Crippen LogP contribution < -0.4 is 5.32 Å². The summed E-state index contributed by atoms with van der Waals surface area (Å²) in [7, 11) is 0. The third-order valence-electron chi connectivity index (χ3n) is 1.58. The largest absolute Gasteiger partial charge is 0.360 e. The Morgan fingerprint density at radius 1 is 1.29 bits per heavy atom. The van der Waals surface area contributed by atoms with Gasteiger partial charge in [-0.2, -0.15) is 0 Å². The molecule has 1 aromatic carbocycles. The molecular weight excluding hydrogens is 190 g/mol. The smallest absolute Gasteiger partial charge is 0.0382 e. The van der Waals surface area contributed by atoms with E-state index in [-0.39, 0.29) is 0 Å². The Kier molecular flexibility index (Phi) is 4.08. The molecule has 0 aromatic heterocycles. The fourth-order valence-electron chi connectivity index (χ4n) is 1.14. The van der Waals surface area contributed by atoms with Crippen molar-refractivity contribution in [3.8, 4) is 0 Å². The van der Waals surface area contributed by atoms with Crippen LogP contribution in [0.15, 0.2) is 41.4 Å². The average molecular weight is 207 g/mol. The van der Waals surface area contributed by atoms with Crippen molar-refractivity contribution in [1.82, 2.24) is 0 Å². The van der Waals surface area contributed by atoms with Gasteiger partial charge in [0.15, 0.2) is 0 Å². The molecule has 0 saturated carbocycles. The molecule has 0 atom stereocenters. The fraction of sp³-hybridized carbons (Fsp3) is 0.333. The predicted octanol–water partition coefficient (Wildman–Crippen LogP) is 4.13. The van der Waals surface area contributed by atoms with Crippen molar-refractivity contribution < 1.29 is 0 Å². The van der Waals surface area contributed by atoms with Crippen LogP contribution in [0.4, 0.5) is 5.69 Å². The van der Waals surface area contributed by atoms with E-state index >= 15 is 0 Å². The van der Waals surface area contributed by atoms with Crippen LogP contribution >= 0.6 is 11.8 Å². The minimum absolute atomic E-state index is 0.634. The summed E-state index contributed by atoms with van der Waals surface area (Å²) in [5.74, 6) is 0. The van der Waals surface area contributed by atoms with Crippen molar-refractivity contribution in [2.24, 2.45) is 0 Å². The Bertz CT molecular complexity index is 301. The summed E-state index contributed by atoms with van der Waals surface area (Å²) in [6, 6.07) is 8.44. The van der Waals surface area contributed by atoms with Crippen molar-refractivity contribution in [3.05, 3.63) is 36.5 Å². The van der Waals surface area contributed by atoms with Gasteiger partial charge in [-0.05, 0) is 31.2 Å². The van der Waals surface area contributed by atoms with Gasteiger partial charge >= 0.3 is 0 Å². The molecule has 0 heterocycles. The monoisotopic (exact) mass is 207 g/mol. The first-order chi connectivity index (χ1) is 6.58. The Hall–Kier alpha value is -0.890. The van der Waals surface area contributed by atoms with E-state index in [1.54, 1.807) is 0 Å². The minimum Gasteiger partial charge on any atom is -0.360 e. The normalized spacial score (nSPS) is 10.3. The highest BCUT2D eigenvalue weighted by atomic mass is 32.2. The number of benzene rings is 1. The summed E-state index contributed by atoms with van der Waals surface area (Å²) < 4.78 is 0. The number of allylic oxidation sites excluding steroid dienone is 1. The maximum Gasteiger partial charge on any atom is 0.0382 e. The number of rotatable bonds is 4. The van der Waals surface area contributed by atoms with Gasteiger partial charge in [0.05, 0.1) is 0 Å². The van der Waals surface area contributed by atoms with Gasteiger partial charge in [0.25, 0.3) is 0 Å². The Balaban J connectivity index is 2.63. The molecule has 1 N–H and O–H groups in total. The van der Waals surface area contributed by atoms with Gasteiger partial charge in [-0.15, -0.1) is 11.8 Å². The standard InChI is InChI=1S/C12H17NS/c1-9(2)13-11-5-7-12(8-6-11)14-10(3)4/h5-8,10,13H,1H2,2-4H3. The van der Waals surface area contributed by atoms with Gasteiger partial charge in [-0.3, -0.25) is 0 Å². The molecule has 0 spiro atoms. The van der Waals surface area contributed by atoms with Crippen LogP contribution in [-0.4, -0.2) is 5.25 Å². The van der Waals surface area contributed by atoms with Crippen LogP contribution in [0.25, 0.3) is 0 Å². The molecule has 0 unspecified atom stereocenters. The summed E-state index contributed by atoms with van der Waals surface area (Å²) in [5, 5.41) is 3.82. The molecule has 0 amide bonds. The van der Waals surface area contributed by atoms with Crippen LogP contribution in [0.3, 0.4) is 0 Å². The highest BCUT2D eigenvalue weighted by Crippen LogP contribution is 2.24. The molecule has 1 rings (SSSR count). The van der Waals surface area contributed by atoms with Gasteiger partial charge in [0.2, 0.25) is 0 Å². The number of anilines is 1. The van der Waals surface area contributed by atoms with E-state index in [0.717, 1.165) is 11.4 Å². The molecule has 76 valence electrons. The van der Waals surface area contributed by atoms with E-state index < -0.39 is 0 Å². The maximum absolute atomic E-state index is 3.80. The number of hydrogen-bond acceptors (Lipinski definition) is 2. The van der Waals surface area contributed by atoms with Gasteiger partial charge in [0, 0.05) is 21.5 Å². The van der Waals surface area contributed by atoms with E-state index in [1.807, 2.05) is 18.7 Å². The number of hydrogen-bond donors (Lipinski definition) is 1. The van der Waals surface area contributed by atoms with Crippen LogP contribution in [0.5, 0.6) is 0 Å². The first-order valence-corrected chi connectivity index (χ1v) is 5.65. The van der Waals surface area contributed by atoms with Crippen molar-refractivity contribution in [2.75, 3.05) is 5.32 Å². The molecule has 0 radical (unpaired) electrons. The van der Waals surface area contributed by atoms with Crippen LogP contribution in [0, 0.1) is 0 Å². The Morgan fingerprint density at radius 3 is 2.29 bits per heavy atom. The molecule has 0 fully saturated rings. The van der Waals surface area contributed by atoms with Crippen LogP contribution in [0.2, 0.25) is 0 Å². The minimum atomic E-state index is 0.634. The first kappa shape index (κ1) is 11.2. The Morgan fingerprint density at radius 2 is 1.86 bits per heavy atom. The molecule has 0 bridgehead atoms. The van der Waals surface area contributed by atoms with E-state index in [4.69, 9.17) is 0 Å². The zero-order valence-electron chi connectivity index (χ0n) is 9.00. The fourth-order valence-corrected chi connectivity index (χ4v) is 1.97. The molecular formula is C12H17NS. The Labute approximate surface area is 90.6 Å². The second kappa shape index (κ2) is 5.11. The molecule has 0 aliphatic rings. The highest BCUT2D eigenvalue weighted by Gasteiger charge is 1.98. The molecule has 0 aliphatic heterocycles. The van der Waals surface area contributed by atoms with Crippen molar-refractivity contribution in [3.63, 3.8) is 0 Å². The second-order valence-corrected chi connectivity index (χ2v) is 5.25. The van der Waals surface area contributed by atoms with E-state index in [0.29, 0.717) is 5.25 Å². The molecule has 1 nitrogen and oxygen atoms in total. The molecule has 1 aromatic rings. The van der Waals surface area contributed by atoms with Crippen molar-refractivity contribution in [2.45, 2.75) is 30.9 Å². The third-order valence-corrected chi connectivity index (χ3v) is 2.60. The highest BCUT2D eigenvalue weighted by molar-refractivity contribution is 7.99. The number of nitrogens with one attached hydrogen (secondary N) is 1. The molecule has 0 aliphatic carbocycles. The lowest BCUT2D eigenvalue weighted by atomic mass is 10.3. The van der Waals surface area contributed by atoms with Crippen molar-refractivity contribution in [1.29, 1.82) is 0 Å². The first-order valence-electron chi connectivity index (χ1n) is 4.77. The number of thioether (sulfide) groups is 1. The van der Waals surface area contributed by atoms with Crippen LogP contribution in [0.1, 0.15) is 20.8 Å². The summed E-state index contributed by atoms with van der Waals surface area (Å²) in [4.78, 5) is 1.31. The lowest BCUT2D eigenvalue weighted by Gasteiger charge is -2.07. The molecule has 2 heteroatoms. The quantitative estimate of drug-likeness (QED) is 0.745. The zero-order chi connectivity index (χ0) is 10.6. The lowest BCUT2D eigenvalue weighted by molar-refractivity contribution is 1.11. The summed E-state index contributed by atoms with van der Waals surface area (Å²) in [5.41, 5.74) is 2.07. The van der Waals surface area contributed by atoms with Crippen molar-refractivity contribution >= 4 is 17.4 Å². The van der Waals surface area contributed by atoms with Gasteiger partial charge in [0.1, 0.15) is 0 Å². The average Bonchev–Trinajstić information content (AvgIpc) is 2.06. The lowest BCUT2D eigenvalue weighted by Crippen LogP contribution is -1.93. The van der Waals surface area contributed by atoms with Crippen LogP contribution in [-0.2, 0) is 0 Å². The summed E-state index contributed by atoms with van der Waals surface area (Å²) in [6.45, 7) is 10.2. The third kappa shape index (κ3) is 3.88. The van der Waals surface area contributed by atoms with E-state index in [9.17, 15) is 0 Å². The summed E-state index contributed by atoms with van der Waals surface area (Å²) in [6.07, 6.45) is 0. The van der Waals surface area contributed by atoms with E-state index in [1.165, 1.54) is 4.90 Å². The molecule has 14 heavy (non-hydrogen) atoms. The van der Waals surface area contributed by atoms with Gasteiger partial charge in [-0.25, -0.2) is 0 Å².